The predicted molar refractivity (Wildman–Crippen MR) is 84.0 cm³/mol. The first-order valence-electron chi connectivity index (χ1n) is 5.60. The second-order valence-corrected chi connectivity index (χ2v) is 11.2. The van der Waals surface area contributed by atoms with E-state index in [1.165, 1.54) is 20.1 Å². The van der Waals surface area contributed by atoms with Gasteiger partial charge in [0, 0.05) is 8.95 Å². The molecule has 17 heavy (non-hydrogen) atoms. The number of fused-ring (bicyclic) bond motifs is 3. The monoisotopic (exact) mass is 366 g/mol. The van der Waals surface area contributed by atoms with Gasteiger partial charge in [-0.05, 0) is 45.8 Å². The lowest BCUT2D eigenvalue weighted by atomic mass is 10.1. The highest BCUT2D eigenvalue weighted by Gasteiger charge is 2.37. The van der Waals surface area contributed by atoms with Crippen LogP contribution in [0.2, 0.25) is 13.1 Å². The minimum Gasteiger partial charge on any atom is -0.0616 e. The molecule has 0 N–H and O–H groups in total. The zero-order valence-corrected chi connectivity index (χ0v) is 13.9. The Morgan fingerprint density at radius 1 is 0.765 bits per heavy atom. The van der Waals surface area contributed by atoms with Gasteiger partial charge in [0.2, 0.25) is 0 Å². The summed E-state index contributed by atoms with van der Waals surface area (Å²) in [6.45, 7) is 4.85. The molecule has 0 fully saturated rings. The molecule has 3 rings (SSSR count). The molecule has 2 aromatic rings. The van der Waals surface area contributed by atoms with E-state index in [-0.39, 0.29) is 0 Å². The molecule has 0 unspecified atom stereocenters. The summed E-state index contributed by atoms with van der Waals surface area (Å²) in [5.74, 6) is 0. The Morgan fingerprint density at radius 2 is 1.18 bits per heavy atom. The van der Waals surface area contributed by atoms with Gasteiger partial charge in [-0.2, -0.15) is 0 Å². The highest BCUT2D eigenvalue weighted by molar-refractivity contribution is 9.10. The third-order valence-electron chi connectivity index (χ3n) is 3.60. The van der Waals surface area contributed by atoms with Gasteiger partial charge < -0.3 is 0 Å². The Bertz CT molecular complexity index is 564. The van der Waals surface area contributed by atoms with E-state index in [1.54, 1.807) is 10.4 Å². The summed E-state index contributed by atoms with van der Waals surface area (Å²) in [6.07, 6.45) is 0. The maximum atomic E-state index is 3.59. The topological polar surface area (TPSA) is 0 Å². The van der Waals surface area contributed by atoms with Gasteiger partial charge in [0.25, 0.3) is 0 Å². The summed E-state index contributed by atoms with van der Waals surface area (Å²) in [6, 6.07) is 13.4. The lowest BCUT2D eigenvalue weighted by molar-refractivity contribution is 1.65. The summed E-state index contributed by atoms with van der Waals surface area (Å²) in [5.41, 5.74) is 2.85. The summed E-state index contributed by atoms with van der Waals surface area (Å²) in [5, 5.41) is 3.08. The van der Waals surface area contributed by atoms with Crippen molar-refractivity contribution in [2.75, 3.05) is 0 Å². The quantitative estimate of drug-likeness (QED) is 0.617. The predicted octanol–water partition coefficient (Wildman–Crippen LogP) is 4.01. The molecule has 3 heteroatoms. The third kappa shape index (κ3) is 1.67. The van der Waals surface area contributed by atoms with Crippen LogP contribution in [0.4, 0.5) is 0 Å². The number of halogens is 2. The van der Waals surface area contributed by atoms with Gasteiger partial charge in [0.1, 0.15) is 8.07 Å². The molecule has 0 atom stereocenters. The molecule has 0 saturated carbocycles. The molecule has 1 heterocycles. The van der Waals surface area contributed by atoms with Crippen LogP contribution < -0.4 is 10.4 Å². The fraction of sp³-hybridized carbons (Fsp3) is 0.143. The van der Waals surface area contributed by atoms with E-state index < -0.39 is 8.07 Å². The molecule has 0 nitrogen and oxygen atoms in total. The molecule has 0 bridgehead atoms. The van der Waals surface area contributed by atoms with E-state index in [0.717, 1.165) is 0 Å². The highest BCUT2D eigenvalue weighted by Crippen LogP contribution is 2.30. The van der Waals surface area contributed by atoms with Gasteiger partial charge in [0.15, 0.2) is 0 Å². The largest absolute Gasteiger partial charge is 0.113 e. The summed E-state index contributed by atoms with van der Waals surface area (Å²) in [4.78, 5) is 0. The van der Waals surface area contributed by atoms with E-state index in [0.29, 0.717) is 0 Å². The molecule has 1 aliphatic heterocycles. The Morgan fingerprint density at radius 3 is 1.59 bits per heavy atom. The third-order valence-corrected chi connectivity index (χ3v) is 8.11. The van der Waals surface area contributed by atoms with Crippen molar-refractivity contribution in [2.24, 2.45) is 0 Å². The van der Waals surface area contributed by atoms with Gasteiger partial charge in [0.05, 0.1) is 0 Å². The van der Waals surface area contributed by atoms with Crippen LogP contribution in [0, 0.1) is 0 Å². The van der Waals surface area contributed by atoms with Gasteiger partial charge in [-0.1, -0.05) is 57.1 Å². The molecular formula is C14H12Br2Si. The average molecular weight is 368 g/mol. The normalized spacial score (nSPS) is 15.5. The number of rotatable bonds is 0. The number of hydrogen-bond donors (Lipinski definition) is 0. The zero-order valence-electron chi connectivity index (χ0n) is 9.72. The second kappa shape index (κ2) is 3.80. The molecule has 0 spiro atoms. The van der Waals surface area contributed by atoms with Crippen molar-refractivity contribution in [1.82, 2.24) is 0 Å². The van der Waals surface area contributed by atoms with Crippen molar-refractivity contribution in [1.29, 1.82) is 0 Å². The Hall–Kier alpha value is -0.383. The maximum Gasteiger partial charge on any atom is 0.113 e. The fourth-order valence-corrected chi connectivity index (χ4v) is 6.93. The van der Waals surface area contributed by atoms with Crippen molar-refractivity contribution in [3.05, 3.63) is 45.3 Å². The highest BCUT2D eigenvalue weighted by atomic mass is 79.9. The summed E-state index contributed by atoms with van der Waals surface area (Å²) in [7, 11) is -1.50. The van der Waals surface area contributed by atoms with Crippen molar-refractivity contribution in [2.45, 2.75) is 13.1 Å². The van der Waals surface area contributed by atoms with Crippen LogP contribution in [0.25, 0.3) is 11.1 Å². The van der Waals surface area contributed by atoms with Crippen LogP contribution in [0.3, 0.4) is 0 Å². The Labute approximate surface area is 119 Å². The van der Waals surface area contributed by atoms with E-state index in [1.807, 2.05) is 0 Å². The van der Waals surface area contributed by atoms with E-state index in [2.05, 4.69) is 81.4 Å². The van der Waals surface area contributed by atoms with E-state index >= 15 is 0 Å². The van der Waals surface area contributed by atoms with Crippen molar-refractivity contribution >= 4 is 50.3 Å². The molecule has 0 saturated heterocycles. The van der Waals surface area contributed by atoms with Crippen LogP contribution >= 0.6 is 31.9 Å². The standard InChI is InChI=1S/C14H12Br2Si/c1-17(2)13-7-9(15)3-5-11(13)12-6-4-10(16)8-14(12)17/h3-8H,1-2H3. The first-order valence-corrected chi connectivity index (χ1v) is 10.2. The number of benzene rings is 2. The van der Waals surface area contributed by atoms with Gasteiger partial charge in [-0.15, -0.1) is 0 Å². The first-order chi connectivity index (χ1) is 8.00. The van der Waals surface area contributed by atoms with Gasteiger partial charge >= 0.3 is 0 Å². The number of hydrogen-bond acceptors (Lipinski definition) is 0. The first kappa shape index (κ1) is 11.7. The van der Waals surface area contributed by atoms with Crippen LogP contribution in [0.15, 0.2) is 45.3 Å². The Balaban J connectivity index is 2.37. The van der Waals surface area contributed by atoms with Crippen LogP contribution in [-0.2, 0) is 0 Å². The summed E-state index contributed by atoms with van der Waals surface area (Å²) >= 11 is 7.18. The lowest BCUT2D eigenvalue weighted by Gasteiger charge is -2.18. The van der Waals surface area contributed by atoms with E-state index in [9.17, 15) is 0 Å². The zero-order chi connectivity index (χ0) is 12.2. The lowest BCUT2D eigenvalue weighted by Crippen LogP contribution is -2.49. The van der Waals surface area contributed by atoms with Gasteiger partial charge in [-0.3, -0.25) is 0 Å². The average Bonchev–Trinajstić information content (AvgIpc) is 2.49. The fourth-order valence-electron chi connectivity index (χ4n) is 2.68. The molecule has 86 valence electrons. The van der Waals surface area contributed by atoms with Crippen molar-refractivity contribution < 1.29 is 0 Å². The molecule has 0 aromatic heterocycles. The van der Waals surface area contributed by atoms with Crippen molar-refractivity contribution in [3.8, 4) is 11.1 Å². The molecule has 0 aliphatic carbocycles. The maximum absolute atomic E-state index is 3.59. The molecular weight excluding hydrogens is 356 g/mol. The SMILES string of the molecule is C[Si]1(C)c2cc(Br)ccc2-c2ccc(Br)cc21. The molecule has 1 aliphatic rings. The van der Waals surface area contributed by atoms with Gasteiger partial charge in [-0.25, -0.2) is 0 Å². The molecule has 2 aromatic carbocycles. The smallest absolute Gasteiger partial charge is 0.0616 e. The summed E-state index contributed by atoms with van der Waals surface area (Å²) < 4.78 is 2.37. The minimum absolute atomic E-state index is 1.18. The molecule has 0 radical (unpaired) electrons. The Kier molecular flexibility index (Phi) is 2.62. The second-order valence-electron chi connectivity index (χ2n) is 5.00. The van der Waals surface area contributed by atoms with Crippen LogP contribution in [0.5, 0.6) is 0 Å². The van der Waals surface area contributed by atoms with E-state index in [4.69, 9.17) is 0 Å². The minimum atomic E-state index is -1.50. The molecule has 0 amide bonds. The van der Waals surface area contributed by atoms with Crippen molar-refractivity contribution in [3.63, 3.8) is 0 Å². The van der Waals surface area contributed by atoms with Crippen LogP contribution in [0.1, 0.15) is 0 Å². The van der Waals surface area contributed by atoms with Crippen LogP contribution in [-0.4, -0.2) is 8.07 Å².